The van der Waals surface area contributed by atoms with Crippen molar-refractivity contribution in [3.63, 3.8) is 0 Å². The van der Waals surface area contributed by atoms with Gasteiger partial charge in [0.15, 0.2) is 4.88 Å². The van der Waals surface area contributed by atoms with Gasteiger partial charge in [0.2, 0.25) is 0 Å². The molecule has 0 spiro atoms. The van der Waals surface area contributed by atoms with Crippen LogP contribution in [0.4, 0.5) is 10.7 Å². The van der Waals surface area contributed by atoms with Crippen LogP contribution in [0.25, 0.3) is 6.08 Å². The minimum atomic E-state index is 0.0905. The van der Waals surface area contributed by atoms with Crippen LogP contribution < -0.4 is 15.2 Å². The fourth-order valence-electron chi connectivity index (χ4n) is 4.87. The van der Waals surface area contributed by atoms with Gasteiger partial charge in [0.25, 0.3) is 5.00 Å². The van der Waals surface area contributed by atoms with Gasteiger partial charge in [-0.1, -0.05) is 29.8 Å². The molecule has 2 aliphatic heterocycles. The molecular weight excluding hydrogens is 418 g/mol. The number of hydrazine groups is 1. The molecule has 154 valence electrons. The average molecular weight is 441 g/mol. The number of benzene rings is 1. The molecular formula is C21H23ClN7S+. The van der Waals surface area contributed by atoms with Crippen LogP contribution in [0.1, 0.15) is 16.0 Å². The van der Waals surface area contributed by atoms with Gasteiger partial charge in [-0.2, -0.15) is 10.1 Å². The maximum atomic E-state index is 6.64. The summed E-state index contributed by atoms with van der Waals surface area (Å²) < 4.78 is 1.86. The molecule has 0 amide bonds. The first-order chi connectivity index (χ1) is 14.7. The van der Waals surface area contributed by atoms with E-state index in [0.29, 0.717) is 6.67 Å². The van der Waals surface area contributed by atoms with Crippen molar-refractivity contribution < 1.29 is 0 Å². The van der Waals surface area contributed by atoms with Crippen molar-refractivity contribution in [2.24, 2.45) is 6.26 Å². The van der Waals surface area contributed by atoms with Crippen LogP contribution in [-0.2, 0) is 25.9 Å². The van der Waals surface area contributed by atoms with Gasteiger partial charge in [0.05, 0.1) is 36.0 Å². The van der Waals surface area contributed by atoms with Gasteiger partial charge in [-0.15, -0.1) is 0 Å². The fourth-order valence-corrected chi connectivity index (χ4v) is 7.31. The molecule has 0 saturated carbocycles. The molecule has 3 aliphatic rings. The highest BCUT2D eigenvalue weighted by Gasteiger charge is 2.45. The highest BCUT2D eigenvalue weighted by molar-refractivity contribution is 7.34. The van der Waals surface area contributed by atoms with Gasteiger partial charge >= 0.3 is 0 Å². The molecule has 1 fully saturated rings. The summed E-state index contributed by atoms with van der Waals surface area (Å²) in [5.74, 6) is 0. The first kappa shape index (κ1) is 18.4. The van der Waals surface area contributed by atoms with Crippen LogP contribution >= 0.6 is 22.1 Å². The van der Waals surface area contributed by atoms with E-state index in [0.717, 1.165) is 36.9 Å². The Labute approximate surface area is 183 Å². The molecule has 0 bridgehead atoms. The van der Waals surface area contributed by atoms with E-state index in [2.05, 4.69) is 60.9 Å². The highest BCUT2D eigenvalue weighted by Crippen LogP contribution is 2.50. The molecule has 2 atom stereocenters. The van der Waals surface area contributed by atoms with Gasteiger partial charge in [0.1, 0.15) is 31.7 Å². The molecule has 30 heavy (non-hydrogen) atoms. The summed E-state index contributed by atoms with van der Waals surface area (Å²) in [5, 5.41) is 8.86. The quantitative estimate of drug-likeness (QED) is 0.630. The van der Waals surface area contributed by atoms with Crippen LogP contribution in [-0.4, -0.2) is 39.2 Å². The van der Waals surface area contributed by atoms with Crippen LogP contribution in [0.3, 0.4) is 0 Å². The molecule has 1 saturated heterocycles. The molecule has 1 aliphatic carbocycles. The van der Waals surface area contributed by atoms with Gasteiger partial charge in [-0.05, 0) is 24.6 Å². The first-order valence-electron chi connectivity index (χ1n) is 10.1. The Hall–Kier alpha value is -2.39. The minimum absolute atomic E-state index is 0.0905. The van der Waals surface area contributed by atoms with Crippen molar-refractivity contribution in [3.05, 3.63) is 64.0 Å². The lowest BCUT2D eigenvalue weighted by molar-refractivity contribution is 0.134. The SMILES string of the molecule is C[s+]1c2c(c3c1N1CNN(Cn4cncn4)C1CN(c1ccccc1Cl)C3)CC=C2. The molecule has 1 N–H and O–H groups in total. The Balaban J connectivity index is 1.45. The summed E-state index contributed by atoms with van der Waals surface area (Å²) in [4.78, 5) is 10.6. The number of halogens is 1. The number of hydrogen-bond acceptors (Lipinski definition) is 6. The normalized spacial score (nSPS) is 21.0. The summed E-state index contributed by atoms with van der Waals surface area (Å²) in [7, 11) is 0.0905. The number of nitrogens with zero attached hydrogens (tertiary/aromatic N) is 6. The lowest BCUT2D eigenvalue weighted by atomic mass is 10.1. The Kier molecular flexibility index (Phi) is 4.35. The van der Waals surface area contributed by atoms with Crippen molar-refractivity contribution in [1.82, 2.24) is 25.2 Å². The van der Waals surface area contributed by atoms with E-state index in [9.17, 15) is 0 Å². The summed E-state index contributed by atoms with van der Waals surface area (Å²) in [6.07, 6.45) is 11.6. The third-order valence-electron chi connectivity index (χ3n) is 6.25. The van der Waals surface area contributed by atoms with Crippen molar-refractivity contribution in [2.75, 3.05) is 23.0 Å². The number of aromatic nitrogens is 3. The number of fused-ring (bicyclic) bond motifs is 5. The van der Waals surface area contributed by atoms with Crippen molar-refractivity contribution >= 4 is 38.8 Å². The number of thiophene rings is 1. The largest absolute Gasteiger partial charge is 0.362 e. The van der Waals surface area contributed by atoms with Crippen LogP contribution in [0.15, 0.2) is 43.0 Å². The lowest BCUT2D eigenvalue weighted by Crippen LogP contribution is -2.48. The molecule has 4 heterocycles. The smallest absolute Gasteiger partial charge is 0.251 e. The van der Waals surface area contributed by atoms with Crippen LogP contribution in [0.5, 0.6) is 0 Å². The molecule has 3 aromatic rings. The summed E-state index contributed by atoms with van der Waals surface area (Å²) in [6.45, 7) is 3.19. The van der Waals surface area contributed by atoms with Crippen molar-refractivity contribution in [2.45, 2.75) is 25.8 Å². The van der Waals surface area contributed by atoms with E-state index in [-0.39, 0.29) is 16.6 Å². The lowest BCUT2D eigenvalue weighted by Gasteiger charge is -2.31. The maximum Gasteiger partial charge on any atom is 0.251 e. The van der Waals surface area contributed by atoms with Gasteiger partial charge in [-0.3, -0.25) is 4.90 Å². The zero-order chi connectivity index (χ0) is 20.2. The number of anilines is 2. The van der Waals surface area contributed by atoms with E-state index >= 15 is 0 Å². The van der Waals surface area contributed by atoms with E-state index in [4.69, 9.17) is 11.6 Å². The van der Waals surface area contributed by atoms with Gasteiger partial charge < -0.3 is 4.90 Å². The Morgan fingerprint density at radius 2 is 2.17 bits per heavy atom. The van der Waals surface area contributed by atoms with E-state index in [1.54, 1.807) is 12.7 Å². The zero-order valence-corrected chi connectivity index (χ0v) is 18.3. The van der Waals surface area contributed by atoms with Gasteiger partial charge in [-0.25, -0.2) is 15.1 Å². The third-order valence-corrected chi connectivity index (χ3v) is 8.67. The molecule has 7 nitrogen and oxygen atoms in total. The monoisotopic (exact) mass is 440 g/mol. The molecule has 2 aromatic heterocycles. The second-order valence-corrected chi connectivity index (χ2v) is 10.1. The molecule has 1 aromatic carbocycles. The average Bonchev–Trinajstić information content (AvgIpc) is 3.51. The summed E-state index contributed by atoms with van der Waals surface area (Å²) in [5.41, 5.74) is 7.69. The number of nitrogens with one attached hydrogen (secondary N) is 1. The second kappa shape index (κ2) is 7.09. The topological polar surface area (TPSA) is 52.5 Å². The van der Waals surface area contributed by atoms with E-state index in [1.807, 2.05) is 16.8 Å². The maximum absolute atomic E-state index is 6.64. The predicted molar refractivity (Wildman–Crippen MR) is 121 cm³/mol. The minimum Gasteiger partial charge on any atom is -0.362 e. The second-order valence-electron chi connectivity index (χ2n) is 7.89. The van der Waals surface area contributed by atoms with Crippen LogP contribution in [0.2, 0.25) is 5.02 Å². The van der Waals surface area contributed by atoms with E-state index in [1.165, 1.54) is 21.0 Å². The van der Waals surface area contributed by atoms with Crippen molar-refractivity contribution in [1.29, 1.82) is 0 Å². The molecule has 0 radical (unpaired) electrons. The van der Waals surface area contributed by atoms with E-state index < -0.39 is 0 Å². The van der Waals surface area contributed by atoms with Gasteiger partial charge in [0, 0.05) is 16.0 Å². The molecule has 6 rings (SSSR count). The predicted octanol–water partition coefficient (Wildman–Crippen LogP) is 3.38. The number of allylic oxidation sites excluding steroid dienone is 1. The Morgan fingerprint density at radius 3 is 3.00 bits per heavy atom. The first-order valence-corrected chi connectivity index (χ1v) is 12.1. The molecule has 9 heteroatoms. The number of hydrogen-bond donors (Lipinski definition) is 1. The summed E-state index contributed by atoms with van der Waals surface area (Å²) >= 11 is 6.64. The standard InChI is InChI=1S/C21H23ClN7S/c1-30-19-8-4-5-15(19)16-9-26(18-7-3-2-6-17(18)22)10-20-28(21(16)30)13-25-29(20)14-27-12-23-11-24-27/h2-4,6-8,11-12,20,25H,5,9-10,13-14H2,1H3/q+1. The Bertz CT molecular complexity index is 1120. The molecule has 2 unspecified atom stereocenters. The third kappa shape index (κ3) is 2.79. The number of rotatable bonds is 3. The van der Waals surface area contributed by atoms with Crippen molar-refractivity contribution in [3.8, 4) is 0 Å². The Morgan fingerprint density at radius 1 is 1.27 bits per heavy atom. The summed E-state index contributed by atoms with van der Waals surface area (Å²) in [6, 6.07) is 8.18. The fraction of sp³-hybridized carbons (Fsp3) is 0.333. The highest BCUT2D eigenvalue weighted by atomic mass is 35.5. The van der Waals surface area contributed by atoms with Crippen LogP contribution in [0, 0.1) is 0 Å². The zero-order valence-electron chi connectivity index (χ0n) is 16.7. The number of para-hydroxylation sites is 1.